The first kappa shape index (κ1) is 19.5. The van der Waals surface area contributed by atoms with Crippen molar-refractivity contribution in [1.29, 1.82) is 0 Å². The molecule has 2 atom stereocenters. The molecule has 0 radical (unpaired) electrons. The van der Waals surface area contributed by atoms with Gasteiger partial charge in [0.15, 0.2) is 12.0 Å². The Bertz CT molecular complexity index is 1040. The SMILES string of the molecule is NC(CC(F)C(=O)c1ccccc1)N1CCC(n2c(=O)[nH]c3ccccc32)CC1. The van der Waals surface area contributed by atoms with Gasteiger partial charge >= 0.3 is 5.69 Å². The molecule has 152 valence electrons. The van der Waals surface area contributed by atoms with Crippen LogP contribution in [0.25, 0.3) is 11.0 Å². The number of hydrogen-bond acceptors (Lipinski definition) is 4. The third-order valence-corrected chi connectivity index (χ3v) is 5.75. The minimum absolute atomic E-state index is 0.0363. The fourth-order valence-corrected chi connectivity index (χ4v) is 4.16. The summed E-state index contributed by atoms with van der Waals surface area (Å²) in [6.45, 7) is 1.31. The highest BCUT2D eigenvalue weighted by Crippen LogP contribution is 2.26. The fourth-order valence-electron chi connectivity index (χ4n) is 4.16. The van der Waals surface area contributed by atoms with Crippen molar-refractivity contribution in [2.75, 3.05) is 13.1 Å². The van der Waals surface area contributed by atoms with Crippen molar-refractivity contribution in [2.45, 2.75) is 37.6 Å². The Hall–Kier alpha value is -2.77. The summed E-state index contributed by atoms with van der Waals surface area (Å²) in [6, 6.07) is 16.2. The molecule has 1 aliphatic heterocycles. The van der Waals surface area contributed by atoms with E-state index in [0.717, 1.165) is 23.9 Å². The molecule has 1 aliphatic rings. The van der Waals surface area contributed by atoms with Gasteiger partial charge in [-0.15, -0.1) is 0 Å². The molecule has 1 aromatic heterocycles. The first-order chi connectivity index (χ1) is 14.0. The average Bonchev–Trinajstić information content (AvgIpc) is 3.09. The van der Waals surface area contributed by atoms with Crippen LogP contribution in [0.1, 0.15) is 35.7 Å². The van der Waals surface area contributed by atoms with E-state index < -0.39 is 18.1 Å². The molecule has 3 N–H and O–H groups in total. The number of likely N-dealkylation sites (tertiary alicyclic amines) is 1. The van der Waals surface area contributed by atoms with Gasteiger partial charge < -0.3 is 10.7 Å². The molecule has 2 unspecified atom stereocenters. The van der Waals surface area contributed by atoms with Crippen molar-refractivity contribution >= 4 is 16.8 Å². The van der Waals surface area contributed by atoms with Gasteiger partial charge in [0.25, 0.3) is 0 Å². The normalized spacial score (nSPS) is 18.0. The minimum Gasteiger partial charge on any atom is -0.316 e. The Labute approximate surface area is 168 Å². The van der Waals surface area contributed by atoms with Gasteiger partial charge in [-0.1, -0.05) is 42.5 Å². The fraction of sp³-hybridized carbons (Fsp3) is 0.364. The number of aromatic amines is 1. The van der Waals surface area contributed by atoms with Gasteiger partial charge in [0.2, 0.25) is 0 Å². The molecule has 1 fully saturated rings. The number of imidazole rings is 1. The molecule has 0 amide bonds. The summed E-state index contributed by atoms with van der Waals surface area (Å²) in [4.78, 5) is 29.5. The van der Waals surface area contributed by atoms with E-state index >= 15 is 0 Å². The number of fused-ring (bicyclic) bond motifs is 1. The highest BCUT2D eigenvalue weighted by molar-refractivity contribution is 5.99. The summed E-state index contributed by atoms with van der Waals surface area (Å²) in [5.41, 5.74) is 8.20. The van der Waals surface area contributed by atoms with Crippen LogP contribution in [0.3, 0.4) is 0 Å². The van der Waals surface area contributed by atoms with Crippen molar-refractivity contribution in [3.63, 3.8) is 0 Å². The minimum atomic E-state index is -1.62. The first-order valence-corrected chi connectivity index (χ1v) is 9.97. The number of benzene rings is 2. The van der Waals surface area contributed by atoms with Crippen molar-refractivity contribution < 1.29 is 9.18 Å². The van der Waals surface area contributed by atoms with E-state index in [0.29, 0.717) is 18.7 Å². The summed E-state index contributed by atoms with van der Waals surface area (Å²) in [6.07, 6.45) is -0.691. The van der Waals surface area contributed by atoms with Gasteiger partial charge in [-0.2, -0.15) is 0 Å². The number of carbonyl (C=O) groups is 1. The third-order valence-electron chi connectivity index (χ3n) is 5.75. The molecule has 7 heteroatoms. The quantitative estimate of drug-likeness (QED) is 0.628. The molecule has 2 aromatic carbocycles. The zero-order valence-electron chi connectivity index (χ0n) is 16.1. The van der Waals surface area contributed by atoms with E-state index in [4.69, 9.17) is 5.73 Å². The van der Waals surface area contributed by atoms with Crippen molar-refractivity contribution in [2.24, 2.45) is 5.73 Å². The highest BCUT2D eigenvalue weighted by atomic mass is 19.1. The van der Waals surface area contributed by atoms with Crippen molar-refractivity contribution in [3.8, 4) is 0 Å². The van der Waals surface area contributed by atoms with Crippen LogP contribution in [-0.4, -0.2) is 45.7 Å². The van der Waals surface area contributed by atoms with Gasteiger partial charge in [-0.05, 0) is 25.0 Å². The van der Waals surface area contributed by atoms with Crippen molar-refractivity contribution in [1.82, 2.24) is 14.5 Å². The van der Waals surface area contributed by atoms with Crippen LogP contribution in [0.4, 0.5) is 4.39 Å². The summed E-state index contributed by atoms with van der Waals surface area (Å²) in [5, 5.41) is 0. The van der Waals surface area contributed by atoms with Crippen LogP contribution < -0.4 is 11.4 Å². The van der Waals surface area contributed by atoms with E-state index in [1.165, 1.54) is 0 Å². The molecule has 0 spiro atoms. The lowest BCUT2D eigenvalue weighted by Gasteiger charge is -2.36. The van der Waals surface area contributed by atoms with E-state index in [-0.39, 0.29) is 18.2 Å². The van der Waals surface area contributed by atoms with Crippen molar-refractivity contribution in [3.05, 3.63) is 70.6 Å². The molecule has 0 saturated carbocycles. The number of hydrogen-bond donors (Lipinski definition) is 2. The lowest BCUT2D eigenvalue weighted by Crippen LogP contribution is -2.48. The van der Waals surface area contributed by atoms with Crippen LogP contribution in [0.5, 0.6) is 0 Å². The Balaban J connectivity index is 1.37. The van der Waals surface area contributed by atoms with Gasteiger partial charge in [-0.3, -0.25) is 14.3 Å². The first-order valence-electron chi connectivity index (χ1n) is 9.97. The lowest BCUT2D eigenvalue weighted by molar-refractivity contribution is 0.0770. The maximum Gasteiger partial charge on any atom is 0.326 e. The van der Waals surface area contributed by atoms with Gasteiger partial charge in [0, 0.05) is 31.1 Å². The topological polar surface area (TPSA) is 84.1 Å². The number of halogens is 1. The van der Waals surface area contributed by atoms with Crippen LogP contribution >= 0.6 is 0 Å². The largest absolute Gasteiger partial charge is 0.326 e. The zero-order chi connectivity index (χ0) is 20.4. The number of aromatic nitrogens is 2. The molecule has 6 nitrogen and oxygen atoms in total. The Morgan fingerprint density at radius 3 is 2.48 bits per heavy atom. The second kappa shape index (κ2) is 8.31. The molecule has 3 aromatic rings. The number of Topliss-reactive ketones (excluding diaryl/α,β-unsaturated/α-hetero) is 1. The molecule has 2 heterocycles. The molecular formula is C22H25FN4O2. The van der Waals surface area contributed by atoms with E-state index in [1.54, 1.807) is 30.3 Å². The number of H-pyrrole nitrogens is 1. The van der Waals surface area contributed by atoms with Crippen LogP contribution in [0, 0.1) is 0 Å². The predicted molar refractivity (Wildman–Crippen MR) is 111 cm³/mol. The number of carbonyl (C=O) groups excluding carboxylic acids is 1. The van der Waals surface area contributed by atoms with E-state index in [1.807, 2.05) is 33.7 Å². The summed E-state index contributed by atoms with van der Waals surface area (Å²) in [5.74, 6) is -0.527. The number of alkyl halides is 1. The second-order valence-corrected chi connectivity index (χ2v) is 7.59. The number of rotatable bonds is 6. The highest BCUT2D eigenvalue weighted by Gasteiger charge is 2.29. The molecule has 1 saturated heterocycles. The number of ketones is 1. The molecular weight excluding hydrogens is 371 g/mol. The number of nitrogens with zero attached hydrogens (tertiary/aromatic N) is 2. The van der Waals surface area contributed by atoms with E-state index in [2.05, 4.69) is 4.98 Å². The van der Waals surface area contributed by atoms with Gasteiger partial charge in [0.05, 0.1) is 17.2 Å². The summed E-state index contributed by atoms with van der Waals surface area (Å²) >= 11 is 0. The summed E-state index contributed by atoms with van der Waals surface area (Å²) in [7, 11) is 0. The second-order valence-electron chi connectivity index (χ2n) is 7.59. The monoisotopic (exact) mass is 396 g/mol. The standard InChI is InChI=1S/C22H25FN4O2/c23-17(21(28)15-6-2-1-3-7-15)14-20(24)26-12-10-16(11-13-26)27-19-9-5-4-8-18(19)25-22(27)29/h1-9,16-17,20H,10-14,24H2,(H,25,29). The summed E-state index contributed by atoms with van der Waals surface area (Å²) < 4.78 is 16.3. The Kier molecular flexibility index (Phi) is 5.60. The van der Waals surface area contributed by atoms with Gasteiger partial charge in [-0.25, -0.2) is 9.18 Å². The smallest absolute Gasteiger partial charge is 0.316 e. The predicted octanol–water partition coefficient (Wildman–Crippen LogP) is 2.86. The lowest BCUT2D eigenvalue weighted by atomic mass is 10.0. The number of para-hydroxylation sites is 2. The number of nitrogens with two attached hydrogens (primary N) is 1. The third kappa shape index (κ3) is 4.02. The average molecular weight is 396 g/mol. The number of nitrogens with one attached hydrogen (secondary N) is 1. The number of piperidine rings is 1. The van der Waals surface area contributed by atoms with Crippen LogP contribution in [-0.2, 0) is 0 Å². The van der Waals surface area contributed by atoms with Crippen LogP contribution in [0.2, 0.25) is 0 Å². The maximum atomic E-state index is 14.5. The molecule has 29 heavy (non-hydrogen) atoms. The Morgan fingerprint density at radius 1 is 1.10 bits per heavy atom. The van der Waals surface area contributed by atoms with E-state index in [9.17, 15) is 14.0 Å². The molecule has 0 bridgehead atoms. The zero-order valence-corrected chi connectivity index (χ0v) is 16.1. The van der Waals surface area contributed by atoms with Gasteiger partial charge in [0.1, 0.15) is 0 Å². The Morgan fingerprint density at radius 2 is 1.76 bits per heavy atom. The van der Waals surface area contributed by atoms with Crippen LogP contribution in [0.15, 0.2) is 59.4 Å². The maximum absolute atomic E-state index is 14.5. The molecule has 4 rings (SSSR count). The molecule has 0 aliphatic carbocycles.